The van der Waals surface area contributed by atoms with Crippen LogP contribution in [0, 0.1) is 41.4 Å². The fourth-order valence-electron chi connectivity index (χ4n) is 11.2. The van der Waals surface area contributed by atoms with Crippen molar-refractivity contribution in [3.63, 3.8) is 0 Å². The summed E-state index contributed by atoms with van der Waals surface area (Å²) in [5, 5.41) is 11.1. The molecule has 4 N–H and O–H groups in total. The first-order valence-electron chi connectivity index (χ1n) is 30.6. The van der Waals surface area contributed by atoms with E-state index in [1.54, 1.807) is 34.6 Å². The Kier molecular flexibility index (Phi) is 29.2. The topological polar surface area (TPSA) is 268 Å². The van der Waals surface area contributed by atoms with Crippen LogP contribution in [0.1, 0.15) is 150 Å². The first-order valence-corrected chi connectivity index (χ1v) is 30.6. The Morgan fingerprint density at radius 1 is 0.506 bits per heavy atom. The van der Waals surface area contributed by atoms with E-state index in [0.717, 1.165) is 4.90 Å². The lowest BCUT2D eigenvalue weighted by Gasteiger charge is -2.39. The Hall–Kier alpha value is -6.13. The molecule has 14 atom stereocenters. The molecule has 2 aliphatic rings. The number of amides is 11. The number of hydrogen-bond donors (Lipinski definition) is 4. The zero-order chi connectivity index (χ0) is 65.6. The number of nitrogens with one attached hydrogen (secondary N) is 4. The van der Waals surface area contributed by atoms with E-state index in [2.05, 4.69) is 21.3 Å². The van der Waals surface area contributed by atoms with Gasteiger partial charge in [-0.1, -0.05) is 102 Å². The summed E-state index contributed by atoms with van der Waals surface area (Å²) in [7, 11) is 10.1. The highest BCUT2D eigenvalue weighted by Crippen LogP contribution is 2.30. The molecular weight excluding hydrogens is 1090 g/mol. The van der Waals surface area contributed by atoms with Gasteiger partial charge in [0.1, 0.15) is 60.4 Å². The molecule has 85 heavy (non-hydrogen) atoms. The van der Waals surface area contributed by atoms with Crippen LogP contribution in [0.4, 0.5) is 0 Å². The molecule has 2 fully saturated rings. The zero-order valence-corrected chi connectivity index (χ0v) is 55.9. The van der Waals surface area contributed by atoms with Gasteiger partial charge in [-0.2, -0.15) is 0 Å². The van der Waals surface area contributed by atoms with Crippen molar-refractivity contribution in [1.82, 2.24) is 55.6 Å². The molecule has 23 heteroatoms. The van der Waals surface area contributed by atoms with Gasteiger partial charge in [-0.15, -0.1) is 0 Å². The van der Waals surface area contributed by atoms with Gasteiger partial charge in [-0.3, -0.25) is 52.7 Å². The number of allylic oxidation sites excluding steroid dienone is 2. The number of rotatable bonds is 13. The van der Waals surface area contributed by atoms with Crippen LogP contribution < -0.4 is 21.3 Å². The first-order chi connectivity index (χ1) is 39.3. The van der Waals surface area contributed by atoms with Gasteiger partial charge in [0.05, 0.1) is 18.8 Å². The summed E-state index contributed by atoms with van der Waals surface area (Å²) in [6.07, 6.45) is 2.80. The van der Waals surface area contributed by atoms with Gasteiger partial charge in [-0.05, 0) is 101 Å². The van der Waals surface area contributed by atoms with Crippen molar-refractivity contribution in [2.75, 3.05) is 55.9 Å². The number of fused-ring (bicyclic) bond motifs is 3. The molecule has 2 bridgehead atoms. The van der Waals surface area contributed by atoms with E-state index in [0.29, 0.717) is 6.42 Å². The number of hydrogen-bond acceptors (Lipinski definition) is 12. The summed E-state index contributed by atoms with van der Waals surface area (Å²) in [6.45, 7) is 29.8. The highest BCUT2D eigenvalue weighted by molar-refractivity contribution is 6.00. The fourth-order valence-corrected chi connectivity index (χ4v) is 11.2. The largest absolute Gasteiger partial charge is 0.370 e. The second-order valence-electron chi connectivity index (χ2n) is 26.1. The maximum Gasteiger partial charge on any atom is 0.248 e. The van der Waals surface area contributed by atoms with Gasteiger partial charge in [0, 0.05) is 49.3 Å². The van der Waals surface area contributed by atoms with E-state index in [-0.39, 0.29) is 49.4 Å². The molecule has 0 aromatic rings. The second-order valence-corrected chi connectivity index (χ2v) is 26.1. The molecule has 2 saturated heterocycles. The highest BCUT2D eigenvalue weighted by atomic mass is 16.5. The van der Waals surface area contributed by atoms with Crippen LogP contribution in [0.5, 0.6) is 0 Å². The summed E-state index contributed by atoms with van der Waals surface area (Å²) in [6, 6.07) is -12.0. The van der Waals surface area contributed by atoms with Crippen molar-refractivity contribution in [1.29, 1.82) is 0 Å². The van der Waals surface area contributed by atoms with Crippen LogP contribution >= 0.6 is 0 Å². The third kappa shape index (κ3) is 19.4. The van der Waals surface area contributed by atoms with Crippen molar-refractivity contribution in [2.24, 2.45) is 41.4 Å². The standard InChI is InChI=1S/C62H109N11O12/c1-25-27-28-38(13)52-51-56(78)65-43(26-2)58(80)67(18)32-47(74)71(22)49(39(14)36(9)10)55(77)66-48(37(11)12)61(83)68(19)44(29-33(3)4)54(76)63-40(15)53(75)64-41(16)57(79)69(20)45(30-34(5)6)59(81)70(21)46(31-35(7)8)60(82)72(23)50(42(17)85-52)62(84)73(51)24/h25,27,33-46,48-52H,26,28-32H2,1-24H3,(H,63,76)(H,64,75)(H,65,78)(H,66,77)/t38-,39-,40+,41+,42?,43+,44+,45+,46+,48+,49?,50+,51-,52+/m1/s1. The van der Waals surface area contributed by atoms with Gasteiger partial charge in [0.25, 0.3) is 0 Å². The molecule has 0 saturated carbocycles. The quantitative estimate of drug-likeness (QED) is 0.194. The third-order valence-corrected chi connectivity index (χ3v) is 17.0. The number of carbonyl (C=O) groups excluding carboxylic acids is 11. The summed E-state index contributed by atoms with van der Waals surface area (Å²) in [5.74, 6) is -8.98. The van der Waals surface area contributed by atoms with Crippen molar-refractivity contribution >= 4 is 65.0 Å². The minimum Gasteiger partial charge on any atom is -0.370 e. The van der Waals surface area contributed by atoms with Gasteiger partial charge < -0.3 is 60.3 Å². The monoisotopic (exact) mass is 1200 g/mol. The fraction of sp³-hybridized carbons (Fsp3) is 0.790. The SMILES string of the molecule is CC=CC[C@@H](C)[C@@H]1OC(C)[C@H]2C(=O)N(C)[C@H]1C(=O)N[C@@H](CC)C(=O)N(C)CC(=O)N(C)C([C@H](C)C(C)C)C(=O)N[C@@H](C(C)C)C(=O)N(C)[C@@H](CC(C)C)C(=O)N[C@@H](C)C(=O)N[C@@H](C)C(=O)N(C)[C@@H](CC(C)C)C(=O)N(C)[C@@H](CC(C)C)C(=O)N2C. The Bertz CT molecular complexity index is 2380. The molecule has 11 amide bonds. The predicted octanol–water partition coefficient (Wildman–Crippen LogP) is 3.29. The average Bonchev–Trinajstić information content (AvgIpc) is 3.89. The summed E-state index contributed by atoms with van der Waals surface area (Å²) < 4.78 is 6.75. The lowest BCUT2D eigenvalue weighted by Crippen LogP contribution is -2.62. The number of carbonyl (C=O) groups is 11. The minimum absolute atomic E-state index is 0.0753. The predicted molar refractivity (Wildman–Crippen MR) is 326 cm³/mol. The molecule has 2 rings (SSSR count). The maximum absolute atomic E-state index is 15.2. The highest BCUT2D eigenvalue weighted by Gasteiger charge is 2.50. The number of ether oxygens (including phenoxy) is 1. The molecule has 23 nitrogen and oxygen atoms in total. The lowest BCUT2D eigenvalue weighted by molar-refractivity contribution is -0.155. The number of nitrogens with zero attached hydrogens (tertiary/aromatic N) is 7. The van der Waals surface area contributed by atoms with Gasteiger partial charge in [0.15, 0.2) is 0 Å². The number of likely N-dealkylation sites (N-methyl/N-ethyl adjacent to an activating group) is 7. The molecule has 2 aliphatic heterocycles. The Labute approximate surface area is 508 Å². The molecule has 0 aromatic heterocycles. The molecular formula is C62H109N11O12. The molecule has 2 heterocycles. The normalized spacial score (nSPS) is 29.2. The Morgan fingerprint density at radius 3 is 1.46 bits per heavy atom. The molecule has 0 aliphatic carbocycles. The van der Waals surface area contributed by atoms with E-state index < -0.39 is 162 Å². The van der Waals surface area contributed by atoms with Crippen LogP contribution in [0.15, 0.2) is 12.2 Å². The van der Waals surface area contributed by atoms with E-state index in [9.17, 15) is 43.2 Å². The Morgan fingerprint density at radius 2 is 0.976 bits per heavy atom. The van der Waals surface area contributed by atoms with E-state index in [1.807, 2.05) is 81.4 Å². The lowest BCUT2D eigenvalue weighted by atomic mass is 9.88. The van der Waals surface area contributed by atoms with E-state index >= 15 is 9.59 Å². The molecule has 0 radical (unpaired) electrons. The van der Waals surface area contributed by atoms with Crippen molar-refractivity contribution in [3.05, 3.63) is 12.2 Å². The zero-order valence-electron chi connectivity index (χ0n) is 55.9. The van der Waals surface area contributed by atoms with Crippen LogP contribution in [0.2, 0.25) is 0 Å². The van der Waals surface area contributed by atoms with Gasteiger partial charge in [-0.25, -0.2) is 0 Å². The molecule has 0 spiro atoms. The second kappa shape index (κ2) is 33.1. The third-order valence-electron chi connectivity index (χ3n) is 17.0. The summed E-state index contributed by atoms with van der Waals surface area (Å²) >= 11 is 0. The maximum atomic E-state index is 15.2. The van der Waals surface area contributed by atoms with Crippen LogP contribution in [0.3, 0.4) is 0 Å². The smallest absolute Gasteiger partial charge is 0.248 e. The van der Waals surface area contributed by atoms with Crippen LogP contribution in [-0.4, -0.2) is 228 Å². The summed E-state index contributed by atoms with van der Waals surface area (Å²) in [5.41, 5.74) is 0. The van der Waals surface area contributed by atoms with Gasteiger partial charge >= 0.3 is 0 Å². The molecule has 0 aromatic carbocycles. The minimum atomic E-state index is -1.33. The van der Waals surface area contributed by atoms with Crippen molar-refractivity contribution in [2.45, 2.75) is 222 Å². The summed E-state index contributed by atoms with van der Waals surface area (Å²) in [4.78, 5) is 170. The Balaban J connectivity index is 2.98. The van der Waals surface area contributed by atoms with Crippen molar-refractivity contribution in [3.8, 4) is 0 Å². The van der Waals surface area contributed by atoms with Crippen molar-refractivity contribution < 1.29 is 57.5 Å². The average molecular weight is 1200 g/mol. The van der Waals surface area contributed by atoms with E-state index in [4.69, 9.17) is 4.74 Å². The van der Waals surface area contributed by atoms with Crippen LogP contribution in [-0.2, 0) is 57.5 Å². The van der Waals surface area contributed by atoms with Gasteiger partial charge in [0.2, 0.25) is 65.0 Å². The van der Waals surface area contributed by atoms with Crippen LogP contribution in [0.25, 0.3) is 0 Å². The molecule has 484 valence electrons. The molecule has 2 unspecified atom stereocenters. The van der Waals surface area contributed by atoms with E-state index in [1.165, 1.54) is 92.6 Å². The first kappa shape index (κ1) is 75.0.